The van der Waals surface area contributed by atoms with Crippen LogP contribution in [0.2, 0.25) is 0 Å². The quantitative estimate of drug-likeness (QED) is 0.583. The van der Waals surface area contributed by atoms with Crippen LogP contribution >= 0.6 is 0 Å². The van der Waals surface area contributed by atoms with Crippen LogP contribution in [0.1, 0.15) is 11.1 Å². The average Bonchev–Trinajstić information content (AvgIpc) is 2.40. The summed E-state index contributed by atoms with van der Waals surface area (Å²) in [6, 6.07) is 10.7. The molecule has 0 spiro atoms. The smallest absolute Gasteiger partial charge is 0.147 e. The van der Waals surface area contributed by atoms with E-state index in [1.165, 1.54) is 18.2 Å². The summed E-state index contributed by atoms with van der Waals surface area (Å²) in [6.45, 7) is 0.236. The molecule has 0 radical (unpaired) electrons. The topological polar surface area (TPSA) is 82.1 Å². The van der Waals surface area contributed by atoms with E-state index in [1.54, 1.807) is 12.1 Å². The summed E-state index contributed by atoms with van der Waals surface area (Å²) < 4.78 is 13.6. The van der Waals surface area contributed by atoms with E-state index >= 15 is 0 Å². The number of nitrogens with two attached hydrogens (primary N) is 1. The summed E-state index contributed by atoms with van der Waals surface area (Å²) in [7, 11) is 0. The molecule has 5 heteroatoms. The number of nitrogen functional groups attached to an aromatic ring is 1. The molecule has 4 nitrogen and oxygen atoms in total. The molecule has 0 saturated heterocycles. The highest BCUT2D eigenvalue weighted by atomic mass is 19.1. The van der Waals surface area contributed by atoms with Crippen LogP contribution in [0.15, 0.2) is 36.4 Å². The largest absolute Gasteiger partial charge is 0.508 e. The van der Waals surface area contributed by atoms with Crippen molar-refractivity contribution in [2.75, 3.05) is 11.1 Å². The molecule has 2 aromatic rings. The molecule has 0 aromatic heterocycles. The first-order chi connectivity index (χ1) is 9.10. The highest BCUT2D eigenvalue weighted by molar-refractivity contribution is 5.52. The number of nitrogens with one attached hydrogen (secondary N) is 1. The van der Waals surface area contributed by atoms with E-state index in [4.69, 9.17) is 11.0 Å². The SMILES string of the molecule is N#Cc1ccc(NCc2cc(N)ccc2O)c(F)c1. The Morgan fingerprint density at radius 3 is 2.74 bits per heavy atom. The van der Waals surface area contributed by atoms with Gasteiger partial charge >= 0.3 is 0 Å². The Labute approximate surface area is 109 Å². The maximum absolute atomic E-state index is 13.6. The van der Waals surface area contributed by atoms with Gasteiger partial charge in [-0.3, -0.25) is 0 Å². The van der Waals surface area contributed by atoms with Gasteiger partial charge < -0.3 is 16.2 Å². The van der Waals surface area contributed by atoms with Crippen molar-refractivity contribution < 1.29 is 9.50 Å². The highest BCUT2D eigenvalue weighted by Crippen LogP contribution is 2.22. The molecule has 0 aliphatic carbocycles. The summed E-state index contributed by atoms with van der Waals surface area (Å²) in [5.41, 5.74) is 7.23. The minimum Gasteiger partial charge on any atom is -0.508 e. The second-order valence-corrected chi connectivity index (χ2v) is 4.05. The number of nitrogens with zero attached hydrogens (tertiary/aromatic N) is 1. The Morgan fingerprint density at radius 1 is 1.26 bits per heavy atom. The number of anilines is 2. The molecule has 0 heterocycles. The fraction of sp³-hybridized carbons (Fsp3) is 0.0714. The van der Waals surface area contributed by atoms with Crippen LogP contribution in [0.5, 0.6) is 5.75 Å². The lowest BCUT2D eigenvalue weighted by atomic mass is 10.1. The van der Waals surface area contributed by atoms with Gasteiger partial charge in [0.2, 0.25) is 0 Å². The third-order valence-corrected chi connectivity index (χ3v) is 2.67. The fourth-order valence-corrected chi connectivity index (χ4v) is 1.67. The molecule has 2 rings (SSSR count). The molecule has 0 bridgehead atoms. The number of phenolic OH excluding ortho intramolecular Hbond substituents is 1. The van der Waals surface area contributed by atoms with Gasteiger partial charge in [-0.15, -0.1) is 0 Å². The first kappa shape index (κ1) is 12.7. The van der Waals surface area contributed by atoms with Gasteiger partial charge in [0.1, 0.15) is 11.6 Å². The predicted molar refractivity (Wildman–Crippen MR) is 71.0 cm³/mol. The van der Waals surface area contributed by atoms with Crippen LogP contribution in [0.25, 0.3) is 0 Å². The molecule has 0 aliphatic heterocycles. The molecule has 0 unspecified atom stereocenters. The fourth-order valence-electron chi connectivity index (χ4n) is 1.67. The third kappa shape index (κ3) is 2.93. The zero-order valence-corrected chi connectivity index (χ0v) is 10.0. The summed E-state index contributed by atoms with van der Waals surface area (Å²) in [5, 5.41) is 21.1. The standard InChI is InChI=1S/C14H12FN3O/c15-12-5-9(7-16)1-3-13(12)18-8-10-6-11(17)2-4-14(10)19/h1-6,18-19H,8,17H2. The third-order valence-electron chi connectivity index (χ3n) is 2.67. The number of phenols is 1. The summed E-state index contributed by atoms with van der Waals surface area (Å²) in [4.78, 5) is 0. The monoisotopic (exact) mass is 257 g/mol. The normalized spacial score (nSPS) is 9.89. The summed E-state index contributed by atoms with van der Waals surface area (Å²) >= 11 is 0. The van der Waals surface area contributed by atoms with E-state index in [0.717, 1.165) is 6.07 Å². The summed E-state index contributed by atoms with van der Waals surface area (Å²) in [5.74, 6) is -0.418. The minimum absolute atomic E-state index is 0.0933. The Balaban J connectivity index is 2.15. The molecule has 96 valence electrons. The highest BCUT2D eigenvalue weighted by Gasteiger charge is 2.05. The molecule has 4 N–H and O–H groups in total. The van der Waals surface area contributed by atoms with E-state index in [0.29, 0.717) is 11.3 Å². The van der Waals surface area contributed by atoms with Gasteiger partial charge in [-0.1, -0.05) is 0 Å². The van der Waals surface area contributed by atoms with Crippen molar-refractivity contribution in [1.29, 1.82) is 5.26 Å². The lowest BCUT2D eigenvalue weighted by molar-refractivity contribution is 0.469. The van der Waals surface area contributed by atoms with Crippen LogP contribution in [0.3, 0.4) is 0 Å². The van der Waals surface area contributed by atoms with Crippen LogP contribution in [-0.2, 0) is 6.54 Å². The lowest BCUT2D eigenvalue weighted by Crippen LogP contribution is -2.02. The number of hydrogen-bond donors (Lipinski definition) is 3. The first-order valence-electron chi connectivity index (χ1n) is 5.61. The first-order valence-corrected chi connectivity index (χ1v) is 5.61. The van der Waals surface area contributed by atoms with Gasteiger partial charge in [0, 0.05) is 17.8 Å². The van der Waals surface area contributed by atoms with Crippen LogP contribution in [0, 0.1) is 17.1 Å². The number of halogens is 1. The zero-order chi connectivity index (χ0) is 13.8. The van der Waals surface area contributed by atoms with Crippen LogP contribution in [0.4, 0.5) is 15.8 Å². The molecular weight excluding hydrogens is 245 g/mol. The molecule has 0 saturated carbocycles. The van der Waals surface area contributed by atoms with E-state index < -0.39 is 5.82 Å². The van der Waals surface area contributed by atoms with Crippen molar-refractivity contribution in [2.45, 2.75) is 6.54 Å². The van der Waals surface area contributed by atoms with Crippen LogP contribution < -0.4 is 11.1 Å². The van der Waals surface area contributed by atoms with Gasteiger partial charge in [0.15, 0.2) is 0 Å². The van der Waals surface area contributed by atoms with Gasteiger partial charge in [-0.2, -0.15) is 5.26 Å². The van der Waals surface area contributed by atoms with Crippen LogP contribution in [-0.4, -0.2) is 5.11 Å². The maximum atomic E-state index is 13.6. The number of rotatable bonds is 3. The average molecular weight is 257 g/mol. The molecular formula is C14H12FN3O. The van der Waals surface area contributed by atoms with E-state index in [9.17, 15) is 9.50 Å². The molecule has 19 heavy (non-hydrogen) atoms. The Morgan fingerprint density at radius 2 is 2.05 bits per heavy atom. The number of aromatic hydroxyl groups is 1. The maximum Gasteiger partial charge on any atom is 0.147 e. The Bertz CT molecular complexity index is 650. The molecule has 0 fully saturated rings. The number of hydrogen-bond acceptors (Lipinski definition) is 4. The van der Waals surface area contributed by atoms with Crippen molar-refractivity contribution >= 4 is 11.4 Å². The second-order valence-electron chi connectivity index (χ2n) is 4.05. The van der Waals surface area contributed by atoms with Gasteiger partial charge in [0.05, 0.1) is 17.3 Å². The zero-order valence-electron chi connectivity index (χ0n) is 10.0. The molecule has 0 atom stereocenters. The van der Waals surface area contributed by atoms with Crippen molar-refractivity contribution in [3.63, 3.8) is 0 Å². The molecule has 0 aliphatic rings. The van der Waals surface area contributed by atoms with Gasteiger partial charge in [-0.05, 0) is 36.4 Å². The Kier molecular flexibility index (Phi) is 3.53. The van der Waals surface area contributed by atoms with Crippen molar-refractivity contribution in [3.8, 4) is 11.8 Å². The summed E-state index contributed by atoms with van der Waals surface area (Å²) in [6.07, 6.45) is 0. The van der Waals surface area contributed by atoms with E-state index in [1.807, 2.05) is 6.07 Å². The molecule has 2 aromatic carbocycles. The minimum atomic E-state index is -0.512. The molecule has 0 amide bonds. The van der Waals surface area contributed by atoms with Gasteiger partial charge in [-0.25, -0.2) is 4.39 Å². The van der Waals surface area contributed by atoms with E-state index in [2.05, 4.69) is 5.32 Å². The second kappa shape index (κ2) is 5.27. The Hall–Kier alpha value is -2.74. The van der Waals surface area contributed by atoms with Crippen molar-refractivity contribution in [1.82, 2.24) is 0 Å². The number of nitriles is 1. The predicted octanol–water partition coefficient (Wildman–Crippen LogP) is 2.60. The van der Waals surface area contributed by atoms with Crippen molar-refractivity contribution in [2.24, 2.45) is 0 Å². The number of benzene rings is 2. The lowest BCUT2D eigenvalue weighted by Gasteiger charge is -2.09. The van der Waals surface area contributed by atoms with E-state index in [-0.39, 0.29) is 23.5 Å². The van der Waals surface area contributed by atoms with Crippen molar-refractivity contribution in [3.05, 3.63) is 53.3 Å². The van der Waals surface area contributed by atoms with Gasteiger partial charge in [0.25, 0.3) is 0 Å².